The Morgan fingerprint density at radius 3 is 2.19 bits per heavy atom. The van der Waals surface area contributed by atoms with Crippen LogP contribution in [0.4, 0.5) is 11.4 Å². The molecule has 4 bridgehead atoms. The van der Waals surface area contributed by atoms with E-state index in [9.17, 15) is 19.7 Å². The van der Waals surface area contributed by atoms with E-state index in [0.717, 1.165) is 17.4 Å². The van der Waals surface area contributed by atoms with E-state index < -0.39 is 4.92 Å². The van der Waals surface area contributed by atoms with Gasteiger partial charge >= 0.3 is 0 Å². The van der Waals surface area contributed by atoms with Crippen LogP contribution in [-0.2, 0) is 0 Å². The highest BCUT2D eigenvalue weighted by Gasteiger charge is 2.48. The largest absolute Gasteiger partial charge is 0.362 e. The molecule has 0 unspecified atom stereocenters. The minimum Gasteiger partial charge on any atom is -0.362 e. The fourth-order valence-electron chi connectivity index (χ4n) is 7.61. The van der Waals surface area contributed by atoms with Gasteiger partial charge in [0.25, 0.3) is 17.5 Å². The molecule has 2 aromatic carbocycles. The molecule has 0 radical (unpaired) electrons. The van der Waals surface area contributed by atoms with Crippen molar-refractivity contribution in [3.05, 3.63) is 69.3 Å². The zero-order chi connectivity index (χ0) is 25.7. The van der Waals surface area contributed by atoms with Crippen LogP contribution in [0.2, 0.25) is 0 Å². The normalized spacial score (nSPS) is 28.3. The van der Waals surface area contributed by atoms with Crippen molar-refractivity contribution in [1.82, 2.24) is 10.2 Å². The Balaban J connectivity index is 1.14. The third kappa shape index (κ3) is 4.47. The maximum absolute atomic E-state index is 13.2. The van der Waals surface area contributed by atoms with Crippen molar-refractivity contribution >= 4 is 23.2 Å². The smallest absolute Gasteiger partial charge is 0.293 e. The predicted molar refractivity (Wildman–Crippen MR) is 141 cm³/mol. The molecule has 4 saturated carbocycles. The Labute approximate surface area is 217 Å². The zero-order valence-corrected chi connectivity index (χ0v) is 21.3. The molecule has 2 amide bonds. The summed E-state index contributed by atoms with van der Waals surface area (Å²) in [4.78, 5) is 41.5. The zero-order valence-electron chi connectivity index (χ0n) is 21.3. The first-order valence-corrected chi connectivity index (χ1v) is 13.6. The summed E-state index contributed by atoms with van der Waals surface area (Å²) in [5.41, 5.74) is 2.41. The van der Waals surface area contributed by atoms with Crippen LogP contribution in [0.15, 0.2) is 42.5 Å². The van der Waals surface area contributed by atoms with Gasteiger partial charge in [-0.15, -0.1) is 0 Å². The number of piperazine rings is 1. The van der Waals surface area contributed by atoms with Gasteiger partial charge in [-0.1, -0.05) is 18.2 Å². The summed E-state index contributed by atoms with van der Waals surface area (Å²) in [5.74, 6) is 2.53. The van der Waals surface area contributed by atoms with Crippen LogP contribution in [0, 0.1) is 40.7 Å². The fourth-order valence-corrected chi connectivity index (χ4v) is 7.61. The van der Waals surface area contributed by atoms with E-state index in [1.165, 1.54) is 38.2 Å². The summed E-state index contributed by atoms with van der Waals surface area (Å²) in [7, 11) is 0. The van der Waals surface area contributed by atoms with E-state index in [1.807, 2.05) is 36.1 Å². The second-order valence-corrected chi connectivity index (χ2v) is 11.5. The number of nitrogens with one attached hydrogen (secondary N) is 1. The molecule has 4 aliphatic carbocycles. The lowest BCUT2D eigenvalue weighted by molar-refractivity contribution is -0.384. The van der Waals surface area contributed by atoms with E-state index in [1.54, 1.807) is 17.0 Å². The topological polar surface area (TPSA) is 95.8 Å². The Morgan fingerprint density at radius 1 is 0.919 bits per heavy atom. The molecule has 0 spiro atoms. The second kappa shape index (κ2) is 9.47. The summed E-state index contributed by atoms with van der Waals surface area (Å²) >= 11 is 0. The van der Waals surface area contributed by atoms with E-state index in [4.69, 9.17) is 0 Å². The third-order valence-electron chi connectivity index (χ3n) is 9.24. The van der Waals surface area contributed by atoms with Crippen LogP contribution in [0.5, 0.6) is 0 Å². The number of amides is 2. The van der Waals surface area contributed by atoms with Crippen LogP contribution in [0.25, 0.3) is 0 Å². The standard InChI is InChI=1S/C29H34N4O4/c1-18-4-2-3-5-24(18)29(35)32-10-8-31(9-11-32)25-7-6-21(17-26(25)33(36)37)28(34)30-27-22-13-19-12-20(15-22)16-23(27)14-19/h2-7,17,19-20,22-23,27H,8-16H2,1H3,(H,30,34). The molecule has 1 aliphatic heterocycles. The number of nitro groups is 1. The number of anilines is 1. The Morgan fingerprint density at radius 2 is 1.57 bits per heavy atom. The lowest BCUT2D eigenvalue weighted by Crippen LogP contribution is -2.55. The number of aryl methyl sites for hydroxylation is 1. The molecule has 7 rings (SSSR count). The van der Waals surface area contributed by atoms with Gasteiger partial charge in [-0.25, -0.2) is 0 Å². The van der Waals surface area contributed by atoms with Crippen LogP contribution in [-0.4, -0.2) is 53.9 Å². The van der Waals surface area contributed by atoms with Crippen molar-refractivity contribution in [3.8, 4) is 0 Å². The van der Waals surface area contributed by atoms with Crippen molar-refractivity contribution in [1.29, 1.82) is 0 Å². The first-order valence-electron chi connectivity index (χ1n) is 13.6. The third-order valence-corrected chi connectivity index (χ3v) is 9.24. The summed E-state index contributed by atoms with van der Waals surface area (Å²) in [6, 6.07) is 12.6. The molecule has 0 atom stereocenters. The quantitative estimate of drug-likeness (QED) is 0.482. The van der Waals surface area contributed by atoms with Crippen molar-refractivity contribution in [2.45, 2.75) is 45.1 Å². The van der Waals surface area contributed by atoms with Gasteiger partial charge in [0.15, 0.2) is 0 Å². The highest BCUT2D eigenvalue weighted by molar-refractivity contribution is 5.96. The summed E-state index contributed by atoms with van der Waals surface area (Å²) in [6.07, 6.45) is 6.17. The molecule has 194 valence electrons. The highest BCUT2D eigenvalue weighted by Crippen LogP contribution is 2.53. The Kier molecular flexibility index (Phi) is 6.13. The molecule has 37 heavy (non-hydrogen) atoms. The molecule has 5 aliphatic rings. The number of nitrogens with zero attached hydrogens (tertiary/aromatic N) is 3. The van der Waals surface area contributed by atoms with Gasteiger partial charge in [0.2, 0.25) is 0 Å². The minimum absolute atomic E-state index is 0.0101. The van der Waals surface area contributed by atoms with Gasteiger partial charge in [0.05, 0.1) is 4.92 Å². The molecule has 2 aromatic rings. The predicted octanol–water partition coefficient (Wildman–Crippen LogP) is 4.42. The van der Waals surface area contributed by atoms with Gasteiger partial charge < -0.3 is 15.1 Å². The molecular weight excluding hydrogens is 468 g/mol. The molecule has 8 nitrogen and oxygen atoms in total. The number of benzene rings is 2. The Hall–Kier alpha value is -3.42. The number of carbonyl (C=O) groups excluding carboxylic acids is 2. The van der Waals surface area contributed by atoms with Gasteiger partial charge in [0, 0.05) is 49.4 Å². The molecule has 1 N–H and O–H groups in total. The molecular formula is C29H34N4O4. The van der Waals surface area contributed by atoms with Gasteiger partial charge in [0.1, 0.15) is 5.69 Å². The molecule has 0 aromatic heterocycles. The van der Waals surface area contributed by atoms with Gasteiger partial charge in [-0.2, -0.15) is 0 Å². The fraction of sp³-hybridized carbons (Fsp3) is 0.517. The van der Waals surface area contributed by atoms with Crippen molar-refractivity contribution in [3.63, 3.8) is 0 Å². The minimum atomic E-state index is -0.403. The number of nitro benzene ring substituents is 1. The lowest BCUT2D eigenvalue weighted by Gasteiger charge is -2.54. The van der Waals surface area contributed by atoms with Crippen LogP contribution in [0.1, 0.15) is 58.4 Å². The average Bonchev–Trinajstić information content (AvgIpc) is 2.90. The monoisotopic (exact) mass is 502 g/mol. The van der Waals surface area contributed by atoms with E-state index in [-0.39, 0.29) is 23.5 Å². The maximum Gasteiger partial charge on any atom is 0.293 e. The van der Waals surface area contributed by atoms with E-state index in [0.29, 0.717) is 54.8 Å². The summed E-state index contributed by atoms with van der Waals surface area (Å²) in [6.45, 7) is 3.89. The molecule has 1 heterocycles. The SMILES string of the molecule is Cc1ccccc1C(=O)N1CCN(c2ccc(C(=O)NC3C4CC5CC(C4)CC3C5)cc2[N+](=O)[O-])CC1. The first kappa shape index (κ1) is 23.9. The van der Waals surface area contributed by atoms with E-state index >= 15 is 0 Å². The van der Waals surface area contributed by atoms with Crippen LogP contribution in [0.3, 0.4) is 0 Å². The molecule has 1 saturated heterocycles. The summed E-state index contributed by atoms with van der Waals surface area (Å²) < 4.78 is 0. The molecule has 8 heteroatoms. The first-order chi connectivity index (χ1) is 17.9. The number of rotatable bonds is 5. The second-order valence-electron chi connectivity index (χ2n) is 11.5. The highest BCUT2D eigenvalue weighted by atomic mass is 16.6. The maximum atomic E-state index is 13.2. The van der Waals surface area contributed by atoms with Crippen molar-refractivity contribution in [2.24, 2.45) is 23.7 Å². The van der Waals surface area contributed by atoms with Crippen molar-refractivity contribution in [2.75, 3.05) is 31.1 Å². The lowest BCUT2D eigenvalue weighted by atomic mass is 9.54. The summed E-state index contributed by atoms with van der Waals surface area (Å²) in [5, 5.41) is 15.3. The Bertz CT molecular complexity index is 1210. The average molecular weight is 503 g/mol. The van der Waals surface area contributed by atoms with E-state index in [2.05, 4.69) is 5.32 Å². The van der Waals surface area contributed by atoms with Crippen LogP contribution >= 0.6 is 0 Å². The van der Waals surface area contributed by atoms with Crippen LogP contribution < -0.4 is 10.2 Å². The number of carbonyl (C=O) groups is 2. The van der Waals surface area contributed by atoms with Crippen molar-refractivity contribution < 1.29 is 14.5 Å². The number of hydrogen-bond donors (Lipinski definition) is 1. The molecule has 5 fully saturated rings. The number of hydrogen-bond acceptors (Lipinski definition) is 5. The van der Waals surface area contributed by atoms with Gasteiger partial charge in [-0.3, -0.25) is 19.7 Å². The van der Waals surface area contributed by atoms with Gasteiger partial charge in [-0.05, 0) is 86.5 Å².